The van der Waals surface area contributed by atoms with E-state index in [9.17, 15) is 19.2 Å². The van der Waals surface area contributed by atoms with Crippen LogP contribution in [-0.4, -0.2) is 78.0 Å². The summed E-state index contributed by atoms with van der Waals surface area (Å²) in [7, 11) is 1.53. The molecule has 0 aromatic heterocycles. The quantitative estimate of drug-likeness (QED) is 0.112. The van der Waals surface area contributed by atoms with Crippen molar-refractivity contribution >= 4 is 46.4 Å². The molecule has 47 heavy (non-hydrogen) atoms. The topological polar surface area (TPSA) is 176 Å². The molecule has 0 saturated carbocycles. The Balaban J connectivity index is 0.00000768. The molecule has 2 aromatic rings. The first-order chi connectivity index (χ1) is 21.8. The molecule has 0 spiro atoms. The predicted molar refractivity (Wildman–Crippen MR) is 182 cm³/mol. The van der Waals surface area contributed by atoms with E-state index < -0.39 is 17.4 Å². The van der Waals surface area contributed by atoms with E-state index in [4.69, 9.17) is 29.8 Å². The molecule has 12 nitrogen and oxygen atoms in total. The molecule has 0 atom stereocenters. The lowest BCUT2D eigenvalue weighted by Gasteiger charge is -2.26. The van der Waals surface area contributed by atoms with Crippen molar-refractivity contribution in [1.29, 1.82) is 5.41 Å². The van der Waals surface area contributed by atoms with Crippen LogP contribution in [-0.2, 0) is 21.5 Å². The number of fused-ring (bicyclic) bond motifs is 1. The van der Waals surface area contributed by atoms with Gasteiger partial charge in [0.2, 0.25) is 0 Å². The third kappa shape index (κ3) is 10.7. The Hall–Kier alpha value is -4.13. The van der Waals surface area contributed by atoms with Gasteiger partial charge in [0, 0.05) is 43.1 Å². The van der Waals surface area contributed by atoms with Crippen LogP contribution in [0.2, 0.25) is 0 Å². The van der Waals surface area contributed by atoms with Crippen molar-refractivity contribution in [3.05, 3.63) is 52.1 Å². The number of carbonyl (C=O) groups excluding carboxylic acids is 2. The molecule has 13 heteroatoms. The Morgan fingerprint density at radius 1 is 0.894 bits per heavy atom. The molecule has 1 aliphatic rings. The number of aliphatic carboxylic acids is 2. The molecule has 0 saturated heterocycles. The van der Waals surface area contributed by atoms with Crippen molar-refractivity contribution in [3.8, 4) is 17.2 Å². The first-order valence-electron chi connectivity index (χ1n) is 15.5. The number of ether oxygens (including phenoxy) is 3. The summed E-state index contributed by atoms with van der Waals surface area (Å²) in [6.45, 7) is 8.81. The molecule has 3 rings (SSSR count). The third-order valence-electron chi connectivity index (χ3n) is 7.50. The Morgan fingerprint density at radius 3 is 2.06 bits per heavy atom. The summed E-state index contributed by atoms with van der Waals surface area (Å²) in [6.07, 6.45) is 1.92. The SMILES string of the molecule is Br.CCOc1cc2c(cc1C(=O)NC)C(=N)N(CC(=O)c1cc(OCCCCC(=O)O)c(OCCCCC(=O)O)c(C(C)(C)C)c1)C2. The number of hydrogen-bond acceptors (Lipinski definition) is 8. The fourth-order valence-electron chi connectivity index (χ4n) is 5.10. The number of rotatable bonds is 18. The molecular formula is C34H46BrN3O9. The summed E-state index contributed by atoms with van der Waals surface area (Å²) in [4.78, 5) is 49.8. The highest BCUT2D eigenvalue weighted by Crippen LogP contribution is 2.41. The maximum absolute atomic E-state index is 13.8. The zero-order chi connectivity index (χ0) is 34.0. The fraction of sp³-hybridized carbons (Fsp3) is 0.500. The summed E-state index contributed by atoms with van der Waals surface area (Å²) >= 11 is 0. The molecule has 2 aromatic carbocycles. The van der Waals surface area contributed by atoms with E-state index in [1.54, 1.807) is 29.2 Å². The molecule has 0 bridgehead atoms. The smallest absolute Gasteiger partial charge is 0.303 e. The van der Waals surface area contributed by atoms with Gasteiger partial charge in [-0.15, -0.1) is 17.0 Å². The van der Waals surface area contributed by atoms with E-state index in [1.807, 2.05) is 27.7 Å². The lowest BCUT2D eigenvalue weighted by Crippen LogP contribution is -2.30. The van der Waals surface area contributed by atoms with Gasteiger partial charge in [-0.25, -0.2) is 0 Å². The van der Waals surface area contributed by atoms with Crippen LogP contribution in [0.1, 0.15) is 104 Å². The van der Waals surface area contributed by atoms with Gasteiger partial charge in [0.1, 0.15) is 11.6 Å². The van der Waals surface area contributed by atoms with Crippen molar-refractivity contribution in [2.75, 3.05) is 33.4 Å². The van der Waals surface area contributed by atoms with Gasteiger partial charge in [0.05, 0.1) is 31.9 Å². The Kier molecular flexibility index (Phi) is 14.7. The maximum atomic E-state index is 13.8. The first kappa shape index (κ1) is 39.1. The highest BCUT2D eigenvalue weighted by molar-refractivity contribution is 8.93. The molecule has 4 N–H and O–H groups in total. The molecule has 0 unspecified atom stereocenters. The zero-order valence-corrected chi connectivity index (χ0v) is 29.4. The maximum Gasteiger partial charge on any atom is 0.303 e. The average molecular weight is 721 g/mol. The number of Topliss-reactive ketones (excluding diaryl/α,β-unsaturated/α-hetero) is 1. The van der Waals surface area contributed by atoms with Gasteiger partial charge in [0.25, 0.3) is 5.91 Å². The number of carboxylic acids is 2. The van der Waals surface area contributed by atoms with E-state index in [0.717, 1.165) is 11.1 Å². The molecular weight excluding hydrogens is 674 g/mol. The van der Waals surface area contributed by atoms with Gasteiger partial charge in [0.15, 0.2) is 17.3 Å². The molecule has 1 amide bonds. The fourth-order valence-corrected chi connectivity index (χ4v) is 5.10. The minimum absolute atomic E-state index is 0. The lowest BCUT2D eigenvalue weighted by atomic mass is 9.84. The van der Waals surface area contributed by atoms with E-state index in [0.29, 0.717) is 72.8 Å². The van der Waals surface area contributed by atoms with Crippen molar-refractivity contribution in [1.82, 2.24) is 10.2 Å². The number of halogens is 1. The predicted octanol–water partition coefficient (Wildman–Crippen LogP) is 5.61. The van der Waals surface area contributed by atoms with Gasteiger partial charge in [-0.3, -0.25) is 24.6 Å². The van der Waals surface area contributed by atoms with Gasteiger partial charge in [-0.05, 0) is 67.9 Å². The summed E-state index contributed by atoms with van der Waals surface area (Å²) < 4.78 is 17.9. The summed E-state index contributed by atoms with van der Waals surface area (Å²) in [5.41, 5.74) is 2.29. The summed E-state index contributed by atoms with van der Waals surface area (Å²) in [6, 6.07) is 6.77. The first-order valence-corrected chi connectivity index (χ1v) is 15.5. The minimum Gasteiger partial charge on any atom is -0.493 e. The van der Waals surface area contributed by atoms with E-state index in [1.165, 1.54) is 7.05 Å². The second-order valence-electron chi connectivity index (χ2n) is 12.1. The highest BCUT2D eigenvalue weighted by atomic mass is 79.9. The number of benzene rings is 2. The lowest BCUT2D eigenvalue weighted by molar-refractivity contribution is -0.138. The van der Waals surface area contributed by atoms with Gasteiger partial charge in [-0.1, -0.05) is 20.8 Å². The number of nitrogens with zero attached hydrogens (tertiary/aromatic N) is 1. The Labute approximate surface area is 286 Å². The van der Waals surface area contributed by atoms with E-state index >= 15 is 0 Å². The van der Waals surface area contributed by atoms with Crippen molar-refractivity contribution in [3.63, 3.8) is 0 Å². The Morgan fingerprint density at radius 2 is 1.51 bits per heavy atom. The summed E-state index contributed by atoms with van der Waals surface area (Å²) in [5, 5.41) is 29.3. The van der Waals surface area contributed by atoms with Crippen molar-refractivity contribution in [2.45, 2.75) is 78.2 Å². The number of ketones is 1. The molecule has 0 fully saturated rings. The molecule has 1 heterocycles. The number of hydrogen-bond donors (Lipinski definition) is 4. The van der Waals surface area contributed by atoms with Crippen molar-refractivity contribution in [2.24, 2.45) is 0 Å². The van der Waals surface area contributed by atoms with Crippen LogP contribution in [0, 0.1) is 5.41 Å². The second-order valence-corrected chi connectivity index (χ2v) is 12.1. The van der Waals surface area contributed by atoms with Gasteiger partial charge in [-0.2, -0.15) is 0 Å². The second kappa shape index (κ2) is 17.7. The van der Waals surface area contributed by atoms with E-state index in [-0.39, 0.29) is 67.1 Å². The molecule has 1 aliphatic heterocycles. The number of unbranched alkanes of at least 4 members (excludes halogenated alkanes) is 2. The average Bonchev–Trinajstić information content (AvgIpc) is 3.28. The van der Waals surface area contributed by atoms with Crippen LogP contribution in [0.3, 0.4) is 0 Å². The number of carbonyl (C=O) groups is 4. The van der Waals surface area contributed by atoms with Crippen LogP contribution in [0.5, 0.6) is 17.2 Å². The molecule has 0 radical (unpaired) electrons. The normalized spacial score (nSPS) is 12.2. The largest absolute Gasteiger partial charge is 0.493 e. The third-order valence-corrected chi connectivity index (χ3v) is 7.50. The zero-order valence-electron chi connectivity index (χ0n) is 27.7. The Bertz CT molecular complexity index is 1470. The van der Waals surface area contributed by atoms with E-state index in [2.05, 4.69) is 5.32 Å². The molecule has 258 valence electrons. The van der Waals surface area contributed by atoms with Crippen molar-refractivity contribution < 1.29 is 43.6 Å². The molecule has 0 aliphatic carbocycles. The van der Waals surface area contributed by atoms with Crippen LogP contribution in [0.4, 0.5) is 0 Å². The van der Waals surface area contributed by atoms with Gasteiger partial charge >= 0.3 is 11.9 Å². The van der Waals surface area contributed by atoms with Gasteiger partial charge < -0.3 is 34.6 Å². The summed E-state index contributed by atoms with van der Waals surface area (Å²) in [5.74, 6) is -0.985. The van der Waals surface area contributed by atoms with Crippen LogP contribution in [0.15, 0.2) is 24.3 Å². The number of amidine groups is 1. The standard InChI is InChI=1S/C34H45N3O9.BrH/c1-6-44-27-17-22-19-37(32(35)23(22)18-24(27)33(43)36-5)20-26(38)21-15-25(34(2,3)4)31(46-14-10-8-12-30(41)42)28(16-21)45-13-9-7-11-29(39)40;/h15-18,35H,6-14,19-20H2,1-5H3,(H,36,43)(H,39,40)(H,41,42);1H. The number of amides is 1. The monoisotopic (exact) mass is 719 g/mol. The van der Waals surface area contributed by atoms with Crippen LogP contribution < -0.4 is 19.5 Å². The number of nitrogens with one attached hydrogen (secondary N) is 2. The van der Waals surface area contributed by atoms with Crippen LogP contribution in [0.25, 0.3) is 0 Å². The minimum atomic E-state index is -0.887. The van der Waals surface area contributed by atoms with Crippen LogP contribution >= 0.6 is 17.0 Å². The highest BCUT2D eigenvalue weighted by Gasteiger charge is 2.31. The number of carboxylic acid groups (broad SMARTS) is 2.